The van der Waals surface area contributed by atoms with E-state index < -0.39 is 0 Å². The average Bonchev–Trinajstić information content (AvgIpc) is 2.85. The third kappa shape index (κ3) is 2.97. The van der Waals surface area contributed by atoms with E-state index in [1.807, 2.05) is 24.0 Å². The molecule has 1 saturated heterocycles. The number of rotatable bonds is 3. The Kier molecular flexibility index (Phi) is 3.52. The van der Waals surface area contributed by atoms with Gasteiger partial charge in [-0.1, -0.05) is 0 Å². The molecule has 0 N–H and O–H groups in total. The lowest BCUT2D eigenvalue weighted by molar-refractivity contribution is -0.0355. The number of hydrogen-bond donors (Lipinski definition) is 0. The van der Waals surface area contributed by atoms with E-state index in [0.29, 0.717) is 6.61 Å². The lowest BCUT2D eigenvalue weighted by Gasteiger charge is -2.31. The van der Waals surface area contributed by atoms with Gasteiger partial charge in [-0.3, -0.25) is 19.5 Å². The van der Waals surface area contributed by atoms with Crippen molar-refractivity contribution in [2.45, 2.75) is 12.6 Å². The summed E-state index contributed by atoms with van der Waals surface area (Å²) in [4.78, 5) is 10.7. The lowest BCUT2D eigenvalue weighted by Crippen LogP contribution is -2.38. The van der Waals surface area contributed by atoms with Crippen LogP contribution < -0.4 is 0 Å². The minimum absolute atomic E-state index is 0.00571. The van der Waals surface area contributed by atoms with E-state index in [9.17, 15) is 0 Å². The second kappa shape index (κ2) is 5.46. The van der Waals surface area contributed by atoms with Crippen molar-refractivity contribution >= 4 is 0 Å². The van der Waals surface area contributed by atoms with Gasteiger partial charge in [0.25, 0.3) is 0 Å². The summed E-state index contributed by atoms with van der Waals surface area (Å²) >= 11 is 0. The molecule has 0 radical (unpaired) electrons. The predicted octanol–water partition coefficient (Wildman–Crippen LogP) is 0.784. The molecule has 3 heterocycles. The zero-order chi connectivity index (χ0) is 13.1. The minimum atomic E-state index is 0.00571. The Morgan fingerprint density at radius 3 is 3.11 bits per heavy atom. The van der Waals surface area contributed by atoms with Crippen LogP contribution in [0.1, 0.15) is 17.5 Å². The molecule has 6 nitrogen and oxygen atoms in total. The van der Waals surface area contributed by atoms with E-state index in [2.05, 4.69) is 20.0 Å². The Bertz CT molecular complexity index is 527. The van der Waals surface area contributed by atoms with Crippen LogP contribution in [0.25, 0.3) is 0 Å². The fraction of sp³-hybridized carbons (Fsp3) is 0.462. The molecule has 1 fully saturated rings. The largest absolute Gasteiger partial charge is 0.369 e. The second-order valence-corrected chi connectivity index (χ2v) is 4.71. The van der Waals surface area contributed by atoms with Gasteiger partial charge in [0.1, 0.15) is 6.10 Å². The van der Waals surface area contributed by atoms with E-state index in [1.165, 1.54) is 0 Å². The highest BCUT2D eigenvalue weighted by Gasteiger charge is 2.23. The van der Waals surface area contributed by atoms with Crippen LogP contribution in [0.4, 0.5) is 0 Å². The molecule has 3 rings (SSSR count). The molecule has 6 heteroatoms. The van der Waals surface area contributed by atoms with Gasteiger partial charge in [0, 0.05) is 45.3 Å². The molecule has 100 valence electrons. The van der Waals surface area contributed by atoms with Crippen LogP contribution in [-0.4, -0.2) is 44.3 Å². The first-order valence-corrected chi connectivity index (χ1v) is 6.39. The number of nitrogens with zero attached hydrogens (tertiary/aromatic N) is 5. The number of aryl methyl sites for hydroxylation is 1. The van der Waals surface area contributed by atoms with Gasteiger partial charge in [-0.05, 0) is 6.07 Å². The smallest absolute Gasteiger partial charge is 0.114 e. The Labute approximate surface area is 112 Å². The van der Waals surface area contributed by atoms with Gasteiger partial charge in [0.05, 0.1) is 24.2 Å². The molecule has 2 aromatic heterocycles. The van der Waals surface area contributed by atoms with Crippen molar-refractivity contribution in [3.05, 3.63) is 42.2 Å². The van der Waals surface area contributed by atoms with E-state index >= 15 is 0 Å². The summed E-state index contributed by atoms with van der Waals surface area (Å²) in [5.74, 6) is 0. The maximum absolute atomic E-state index is 5.77. The van der Waals surface area contributed by atoms with Crippen molar-refractivity contribution in [2.75, 3.05) is 19.7 Å². The highest BCUT2D eigenvalue weighted by molar-refractivity contribution is 5.03. The van der Waals surface area contributed by atoms with Crippen LogP contribution in [0.5, 0.6) is 0 Å². The molecule has 0 spiro atoms. The summed E-state index contributed by atoms with van der Waals surface area (Å²) in [7, 11) is 1.94. The van der Waals surface area contributed by atoms with Crippen molar-refractivity contribution in [1.82, 2.24) is 24.6 Å². The minimum Gasteiger partial charge on any atom is -0.369 e. The van der Waals surface area contributed by atoms with Crippen molar-refractivity contribution < 1.29 is 4.74 Å². The number of aromatic nitrogens is 4. The van der Waals surface area contributed by atoms with Crippen molar-refractivity contribution in [3.63, 3.8) is 0 Å². The molecule has 0 amide bonds. The zero-order valence-electron chi connectivity index (χ0n) is 10.9. The van der Waals surface area contributed by atoms with E-state index in [1.54, 1.807) is 18.6 Å². The van der Waals surface area contributed by atoms with Gasteiger partial charge in [-0.15, -0.1) is 0 Å². The van der Waals surface area contributed by atoms with Crippen LogP contribution in [-0.2, 0) is 18.3 Å². The molecule has 1 atom stereocenters. The lowest BCUT2D eigenvalue weighted by atomic mass is 10.2. The molecule has 2 aromatic rings. The van der Waals surface area contributed by atoms with Gasteiger partial charge < -0.3 is 4.74 Å². The summed E-state index contributed by atoms with van der Waals surface area (Å²) < 4.78 is 7.60. The highest BCUT2D eigenvalue weighted by Crippen LogP contribution is 2.20. The Morgan fingerprint density at radius 1 is 1.42 bits per heavy atom. The third-order valence-electron chi connectivity index (χ3n) is 3.22. The molecule has 0 unspecified atom stereocenters. The molecule has 19 heavy (non-hydrogen) atoms. The third-order valence-corrected chi connectivity index (χ3v) is 3.22. The quantitative estimate of drug-likeness (QED) is 0.815. The summed E-state index contributed by atoms with van der Waals surface area (Å²) in [6, 6.07) is 2.05. The normalized spacial score (nSPS) is 20.6. The fourth-order valence-corrected chi connectivity index (χ4v) is 2.28. The molecular formula is C13H17N5O. The summed E-state index contributed by atoms with van der Waals surface area (Å²) in [5.41, 5.74) is 1.98. The summed E-state index contributed by atoms with van der Waals surface area (Å²) in [6.45, 7) is 3.32. The Balaban J connectivity index is 1.65. The molecule has 0 aromatic carbocycles. The standard InChI is InChI=1S/C13H17N5O/c1-17-5-2-11(16-17)9-18-6-7-19-13(10-18)12-8-14-3-4-15-12/h2-5,8,13H,6-7,9-10H2,1H3/t13-/m1/s1. The summed E-state index contributed by atoms with van der Waals surface area (Å²) in [6.07, 6.45) is 7.13. The number of ether oxygens (including phenoxy) is 1. The second-order valence-electron chi connectivity index (χ2n) is 4.71. The van der Waals surface area contributed by atoms with Gasteiger partial charge in [0.15, 0.2) is 0 Å². The van der Waals surface area contributed by atoms with Crippen molar-refractivity contribution in [3.8, 4) is 0 Å². The van der Waals surface area contributed by atoms with Crippen LogP contribution in [0.3, 0.4) is 0 Å². The summed E-state index contributed by atoms with van der Waals surface area (Å²) in [5, 5.41) is 4.41. The van der Waals surface area contributed by atoms with E-state index in [-0.39, 0.29) is 6.10 Å². The zero-order valence-corrected chi connectivity index (χ0v) is 10.9. The van der Waals surface area contributed by atoms with Gasteiger partial charge in [-0.2, -0.15) is 5.10 Å². The molecule has 0 saturated carbocycles. The predicted molar refractivity (Wildman–Crippen MR) is 69.2 cm³/mol. The van der Waals surface area contributed by atoms with E-state index in [0.717, 1.165) is 31.0 Å². The molecule has 0 aliphatic carbocycles. The average molecular weight is 259 g/mol. The maximum Gasteiger partial charge on any atom is 0.114 e. The molecule has 1 aliphatic rings. The molecule has 1 aliphatic heterocycles. The van der Waals surface area contributed by atoms with Crippen LogP contribution in [0.2, 0.25) is 0 Å². The van der Waals surface area contributed by atoms with Gasteiger partial charge in [-0.25, -0.2) is 0 Å². The Morgan fingerprint density at radius 2 is 2.37 bits per heavy atom. The first-order valence-electron chi connectivity index (χ1n) is 6.39. The Hall–Kier alpha value is -1.79. The van der Waals surface area contributed by atoms with Gasteiger partial charge in [0.2, 0.25) is 0 Å². The van der Waals surface area contributed by atoms with E-state index in [4.69, 9.17) is 4.74 Å². The maximum atomic E-state index is 5.77. The SMILES string of the molecule is Cn1ccc(CN2CCO[C@@H](c3cnccn3)C2)n1. The van der Waals surface area contributed by atoms with Crippen molar-refractivity contribution in [2.24, 2.45) is 7.05 Å². The first-order chi connectivity index (χ1) is 9.31. The molecule has 0 bridgehead atoms. The van der Waals surface area contributed by atoms with Crippen molar-refractivity contribution in [1.29, 1.82) is 0 Å². The van der Waals surface area contributed by atoms with Gasteiger partial charge >= 0.3 is 0 Å². The topological polar surface area (TPSA) is 56.1 Å². The fourth-order valence-electron chi connectivity index (χ4n) is 2.28. The van der Waals surface area contributed by atoms with Crippen LogP contribution in [0.15, 0.2) is 30.9 Å². The highest BCUT2D eigenvalue weighted by atomic mass is 16.5. The van der Waals surface area contributed by atoms with Crippen LogP contribution in [0, 0.1) is 0 Å². The van der Waals surface area contributed by atoms with Crippen LogP contribution >= 0.6 is 0 Å². The monoisotopic (exact) mass is 259 g/mol. The number of morpholine rings is 1. The molecular weight excluding hydrogens is 242 g/mol. The first kappa shape index (κ1) is 12.3. The number of hydrogen-bond acceptors (Lipinski definition) is 5.